The van der Waals surface area contributed by atoms with Crippen molar-refractivity contribution in [2.24, 2.45) is 5.92 Å². The third kappa shape index (κ3) is 2.82. The Labute approximate surface area is 125 Å². The fraction of sp³-hybridized carbons (Fsp3) is 0.588. The Morgan fingerprint density at radius 3 is 2.67 bits per heavy atom. The first-order chi connectivity index (χ1) is 10.1. The number of rotatable bonds is 3. The van der Waals surface area contributed by atoms with Gasteiger partial charge in [0.2, 0.25) is 0 Å². The molecule has 0 saturated carbocycles. The van der Waals surface area contributed by atoms with E-state index in [4.69, 9.17) is 0 Å². The Kier molecular flexibility index (Phi) is 3.98. The van der Waals surface area contributed by atoms with Gasteiger partial charge in [0.15, 0.2) is 0 Å². The summed E-state index contributed by atoms with van der Waals surface area (Å²) in [5.74, 6) is -0.170. The molecule has 2 heterocycles. The molecule has 1 amide bonds. The van der Waals surface area contributed by atoms with Crippen molar-refractivity contribution in [2.45, 2.75) is 44.7 Å². The van der Waals surface area contributed by atoms with Gasteiger partial charge in [0.1, 0.15) is 5.82 Å². The average molecular weight is 290 g/mol. The van der Waals surface area contributed by atoms with Gasteiger partial charge in [-0.1, -0.05) is 12.1 Å². The highest BCUT2D eigenvalue weighted by atomic mass is 19.1. The molecule has 0 spiro atoms. The van der Waals surface area contributed by atoms with Crippen LogP contribution in [0.2, 0.25) is 0 Å². The number of carbonyl (C=O) groups is 1. The fourth-order valence-corrected chi connectivity index (χ4v) is 3.85. The summed E-state index contributed by atoms with van der Waals surface area (Å²) in [4.78, 5) is 14.6. The van der Waals surface area contributed by atoms with Crippen LogP contribution in [0.15, 0.2) is 18.2 Å². The molecule has 3 rings (SSSR count). The van der Waals surface area contributed by atoms with Crippen LogP contribution in [-0.4, -0.2) is 36.5 Å². The lowest BCUT2D eigenvalue weighted by Gasteiger charge is -2.36. The molecule has 2 aliphatic rings. The van der Waals surface area contributed by atoms with Crippen molar-refractivity contribution >= 4 is 5.91 Å². The molecule has 0 aromatic heterocycles. The van der Waals surface area contributed by atoms with Crippen LogP contribution in [-0.2, 0) is 0 Å². The molecule has 2 atom stereocenters. The monoisotopic (exact) mass is 290 g/mol. The van der Waals surface area contributed by atoms with Crippen LogP contribution < -0.4 is 5.32 Å². The molecule has 21 heavy (non-hydrogen) atoms. The van der Waals surface area contributed by atoms with Gasteiger partial charge in [0.25, 0.3) is 5.91 Å². The van der Waals surface area contributed by atoms with Crippen molar-refractivity contribution in [3.05, 3.63) is 35.1 Å². The van der Waals surface area contributed by atoms with E-state index in [1.807, 2.05) is 0 Å². The van der Waals surface area contributed by atoms with Crippen molar-refractivity contribution in [3.63, 3.8) is 0 Å². The molecule has 0 aliphatic carbocycles. The molecule has 2 fully saturated rings. The smallest absolute Gasteiger partial charge is 0.254 e. The lowest BCUT2D eigenvalue weighted by molar-refractivity contribution is 0.0913. The number of carbonyl (C=O) groups excluding carboxylic acids is 1. The molecule has 2 bridgehead atoms. The minimum Gasteiger partial charge on any atom is -0.352 e. The zero-order valence-electron chi connectivity index (χ0n) is 12.7. The van der Waals surface area contributed by atoms with E-state index in [9.17, 15) is 9.18 Å². The maximum absolute atomic E-state index is 13.9. The maximum atomic E-state index is 13.9. The van der Waals surface area contributed by atoms with Crippen LogP contribution >= 0.6 is 0 Å². The highest BCUT2D eigenvalue weighted by molar-refractivity contribution is 5.94. The molecule has 2 unspecified atom stereocenters. The van der Waals surface area contributed by atoms with Crippen LogP contribution in [0.1, 0.15) is 41.6 Å². The van der Waals surface area contributed by atoms with Gasteiger partial charge in [-0.25, -0.2) is 4.39 Å². The first kappa shape index (κ1) is 14.5. The number of benzene rings is 1. The van der Waals surface area contributed by atoms with E-state index >= 15 is 0 Å². The summed E-state index contributed by atoms with van der Waals surface area (Å²) in [5, 5.41) is 2.92. The van der Waals surface area contributed by atoms with Crippen molar-refractivity contribution in [1.29, 1.82) is 0 Å². The summed E-state index contributed by atoms with van der Waals surface area (Å²) in [6, 6.07) is 6.29. The second-order valence-electron chi connectivity index (χ2n) is 6.53. The highest BCUT2D eigenvalue weighted by Crippen LogP contribution is 2.37. The summed E-state index contributed by atoms with van der Waals surface area (Å²) >= 11 is 0. The van der Waals surface area contributed by atoms with Gasteiger partial charge in [-0.3, -0.25) is 4.79 Å². The number of nitrogens with zero attached hydrogens (tertiary/aromatic N) is 1. The van der Waals surface area contributed by atoms with Gasteiger partial charge < -0.3 is 10.2 Å². The average Bonchev–Trinajstić information content (AvgIpc) is 2.70. The molecular formula is C17H23FN2O. The van der Waals surface area contributed by atoms with E-state index in [1.54, 1.807) is 25.1 Å². The Morgan fingerprint density at radius 2 is 2.00 bits per heavy atom. The van der Waals surface area contributed by atoms with Crippen molar-refractivity contribution in [2.75, 3.05) is 13.6 Å². The first-order valence-electron chi connectivity index (χ1n) is 7.81. The lowest BCUT2D eigenvalue weighted by Crippen LogP contribution is -2.43. The van der Waals surface area contributed by atoms with Gasteiger partial charge >= 0.3 is 0 Å². The largest absolute Gasteiger partial charge is 0.352 e. The number of hydrogen-bond acceptors (Lipinski definition) is 2. The van der Waals surface area contributed by atoms with Crippen LogP contribution in [0.25, 0.3) is 0 Å². The summed E-state index contributed by atoms with van der Waals surface area (Å²) in [7, 11) is 2.21. The third-order valence-corrected chi connectivity index (χ3v) is 5.18. The quantitative estimate of drug-likeness (QED) is 0.928. The second-order valence-corrected chi connectivity index (χ2v) is 6.53. The Bertz CT molecular complexity index is 532. The zero-order valence-corrected chi connectivity index (χ0v) is 12.7. The zero-order chi connectivity index (χ0) is 15.0. The molecule has 114 valence electrons. The van der Waals surface area contributed by atoms with Gasteiger partial charge in [-0.05, 0) is 57.2 Å². The van der Waals surface area contributed by atoms with Gasteiger partial charge in [-0.15, -0.1) is 0 Å². The van der Waals surface area contributed by atoms with Crippen LogP contribution in [0, 0.1) is 18.7 Å². The molecular weight excluding hydrogens is 267 g/mol. The van der Waals surface area contributed by atoms with Crippen LogP contribution in [0.4, 0.5) is 4.39 Å². The lowest BCUT2D eigenvalue weighted by atomic mass is 9.91. The predicted octanol–water partition coefficient (Wildman–Crippen LogP) is 2.74. The number of piperidine rings is 1. The van der Waals surface area contributed by atoms with E-state index in [1.165, 1.54) is 12.8 Å². The molecule has 2 aliphatic heterocycles. The molecule has 1 N–H and O–H groups in total. The first-order valence-corrected chi connectivity index (χ1v) is 7.81. The molecule has 2 saturated heterocycles. The topological polar surface area (TPSA) is 32.3 Å². The minimum absolute atomic E-state index is 0.158. The van der Waals surface area contributed by atoms with Gasteiger partial charge in [-0.2, -0.15) is 0 Å². The van der Waals surface area contributed by atoms with Crippen molar-refractivity contribution < 1.29 is 9.18 Å². The molecule has 1 aromatic rings. The van der Waals surface area contributed by atoms with Crippen molar-refractivity contribution in [3.8, 4) is 0 Å². The number of halogens is 1. The second kappa shape index (κ2) is 5.76. The fourth-order valence-electron chi connectivity index (χ4n) is 3.85. The van der Waals surface area contributed by atoms with Gasteiger partial charge in [0.05, 0.1) is 5.56 Å². The maximum Gasteiger partial charge on any atom is 0.254 e. The predicted molar refractivity (Wildman–Crippen MR) is 80.8 cm³/mol. The summed E-state index contributed by atoms with van der Waals surface area (Å²) in [6.07, 6.45) is 4.84. The SMILES string of the molecule is Cc1cccc(C(=O)NCC2CC3CCC(C2)N3C)c1F. The van der Waals surface area contributed by atoms with E-state index in [0.717, 1.165) is 12.8 Å². The highest BCUT2D eigenvalue weighted by Gasteiger charge is 2.38. The minimum atomic E-state index is -0.404. The normalized spacial score (nSPS) is 28.6. The number of aryl methyl sites for hydroxylation is 1. The molecule has 4 heteroatoms. The third-order valence-electron chi connectivity index (χ3n) is 5.18. The number of amides is 1. The van der Waals surface area contributed by atoms with Crippen molar-refractivity contribution in [1.82, 2.24) is 10.2 Å². The standard InChI is InChI=1S/C17H23FN2O/c1-11-4-3-5-15(16(11)18)17(21)19-10-12-8-13-6-7-14(9-12)20(13)2/h3-5,12-14H,6-10H2,1-2H3,(H,19,21). The van der Waals surface area contributed by atoms with E-state index in [2.05, 4.69) is 17.3 Å². The number of hydrogen-bond donors (Lipinski definition) is 1. The Hall–Kier alpha value is -1.42. The number of nitrogens with one attached hydrogen (secondary N) is 1. The van der Waals surface area contributed by atoms with E-state index < -0.39 is 5.82 Å². The summed E-state index contributed by atoms with van der Waals surface area (Å²) in [5.41, 5.74) is 0.672. The summed E-state index contributed by atoms with van der Waals surface area (Å²) < 4.78 is 13.9. The summed E-state index contributed by atoms with van der Waals surface area (Å²) in [6.45, 7) is 2.34. The van der Waals surface area contributed by atoms with E-state index in [0.29, 0.717) is 30.1 Å². The Balaban J connectivity index is 1.58. The molecule has 3 nitrogen and oxygen atoms in total. The van der Waals surface area contributed by atoms with E-state index in [-0.39, 0.29) is 11.5 Å². The molecule has 1 aromatic carbocycles. The Morgan fingerprint density at radius 1 is 1.33 bits per heavy atom. The number of fused-ring (bicyclic) bond motifs is 2. The molecule has 0 radical (unpaired) electrons. The van der Waals surface area contributed by atoms with Crippen LogP contribution in [0.5, 0.6) is 0 Å². The van der Waals surface area contributed by atoms with Crippen LogP contribution in [0.3, 0.4) is 0 Å². The van der Waals surface area contributed by atoms with Gasteiger partial charge in [0, 0.05) is 18.6 Å².